The Kier molecular flexibility index (Phi) is 27.2. The van der Waals surface area contributed by atoms with E-state index in [-0.39, 0.29) is 48.1 Å². The van der Waals surface area contributed by atoms with Gasteiger partial charge in [-0.3, -0.25) is 14.0 Å². The summed E-state index contributed by atoms with van der Waals surface area (Å²) < 4.78 is 72.3. The molecule has 0 radical (unpaired) electrons. The van der Waals surface area contributed by atoms with Crippen LogP contribution in [0.3, 0.4) is 0 Å². The maximum atomic E-state index is 14.3. The fourth-order valence-corrected chi connectivity index (χ4v) is 18.9. The first-order chi connectivity index (χ1) is 71.9. The van der Waals surface area contributed by atoms with Crippen molar-refractivity contribution in [3.8, 4) is 44.7 Å². The van der Waals surface area contributed by atoms with E-state index in [2.05, 4.69) is 158 Å². The third-order valence-electron chi connectivity index (χ3n) is 27.3. The number of piperazine rings is 4. The normalized spacial score (nSPS) is 15.3. The fourth-order valence-electron chi connectivity index (χ4n) is 18.9. The number of aromatic nitrogens is 27. The molecule has 4 saturated heterocycles. The average Bonchev–Trinajstić information content (AvgIpc) is 1.73. The first-order valence-electron chi connectivity index (χ1n) is 48.2. The zero-order valence-electron chi connectivity index (χ0n) is 81.6. The van der Waals surface area contributed by atoms with Gasteiger partial charge in [-0.1, -0.05) is 59.8 Å². The van der Waals surface area contributed by atoms with E-state index >= 15 is 0 Å². The highest BCUT2D eigenvalue weighted by Gasteiger charge is 2.35. The molecule has 148 heavy (non-hydrogen) atoms. The predicted octanol–water partition coefficient (Wildman–Crippen LogP) is 10.9. The molecule has 44 heteroatoms. The Labute approximate surface area is 844 Å². The summed E-state index contributed by atoms with van der Waals surface area (Å²) in [6, 6.07) is 34.4. The van der Waals surface area contributed by atoms with E-state index in [0.29, 0.717) is 72.4 Å². The average molecular weight is 2000 g/mol. The van der Waals surface area contributed by atoms with E-state index in [1.54, 1.807) is 162 Å². The smallest absolute Gasteiger partial charge is 0.225 e. The van der Waals surface area contributed by atoms with Crippen LogP contribution in [-0.2, 0) is 32.3 Å². The zero-order valence-corrected chi connectivity index (χ0v) is 81.6. The molecule has 0 saturated carbocycles. The topological polar surface area (TPSA) is 410 Å². The van der Waals surface area contributed by atoms with E-state index in [4.69, 9.17) is 4.52 Å². The largest absolute Gasteiger partial charge is 0.395 e. The van der Waals surface area contributed by atoms with Crippen molar-refractivity contribution in [1.29, 1.82) is 0 Å². The van der Waals surface area contributed by atoms with Crippen LogP contribution in [0.15, 0.2) is 269 Å². The van der Waals surface area contributed by atoms with Crippen LogP contribution in [0.25, 0.3) is 66.8 Å². The summed E-state index contributed by atoms with van der Waals surface area (Å²) in [5.74, 6) is 4.63. The first-order valence-corrected chi connectivity index (χ1v) is 48.2. The van der Waals surface area contributed by atoms with Gasteiger partial charge in [0.25, 0.3) is 0 Å². The van der Waals surface area contributed by atoms with Crippen LogP contribution >= 0.6 is 0 Å². The lowest BCUT2D eigenvalue weighted by Gasteiger charge is -2.35. The highest BCUT2D eigenvalue weighted by atomic mass is 19.1. The van der Waals surface area contributed by atoms with Crippen LogP contribution in [-0.4, -0.2) is 271 Å². The molecule has 0 unspecified atom stereocenters. The highest BCUT2D eigenvalue weighted by Crippen LogP contribution is 2.38. The number of hydrogen-bond donors (Lipinski definition) is 4. The van der Waals surface area contributed by atoms with Crippen molar-refractivity contribution in [2.75, 3.05) is 157 Å². The quantitative estimate of drug-likeness (QED) is 0.0458. The first kappa shape index (κ1) is 96.6. The third-order valence-corrected chi connectivity index (χ3v) is 27.3. The second kappa shape index (κ2) is 41.7. The molecule has 0 aliphatic carbocycles. The lowest BCUT2D eigenvalue weighted by molar-refractivity contribution is 0.0971. The summed E-state index contributed by atoms with van der Waals surface area (Å²) in [5.41, 5.74) is 13.8. The van der Waals surface area contributed by atoms with Crippen molar-refractivity contribution in [2.24, 2.45) is 21.1 Å². The van der Waals surface area contributed by atoms with Gasteiger partial charge >= 0.3 is 0 Å². The van der Waals surface area contributed by atoms with Crippen molar-refractivity contribution in [3.05, 3.63) is 338 Å². The summed E-state index contributed by atoms with van der Waals surface area (Å²) in [5, 5.41) is 76.2. The Morgan fingerprint density at radius 3 is 0.912 bits per heavy atom. The maximum Gasteiger partial charge on any atom is 0.225 e. The van der Waals surface area contributed by atoms with Crippen molar-refractivity contribution >= 4 is 69.1 Å². The van der Waals surface area contributed by atoms with Gasteiger partial charge < -0.3 is 64.1 Å². The molecule has 20 aromatic rings. The van der Waals surface area contributed by atoms with E-state index in [0.717, 1.165) is 191 Å². The molecule has 4 aliphatic heterocycles. The number of aliphatic hydroxyl groups excluding tert-OH is 2. The molecule has 752 valence electrons. The van der Waals surface area contributed by atoms with E-state index in [1.165, 1.54) is 42.5 Å². The molecule has 4 aliphatic rings. The number of anilines is 8. The van der Waals surface area contributed by atoms with E-state index in [1.807, 2.05) is 116 Å². The van der Waals surface area contributed by atoms with Crippen LogP contribution in [0.2, 0.25) is 0 Å². The number of aryl methyl sites for hydroxylation is 4. The molecule has 4 N–H and O–H groups in total. The van der Waals surface area contributed by atoms with Crippen molar-refractivity contribution in [1.82, 2.24) is 133 Å². The molecule has 4 fully saturated rings. The molecular formula is C104H103F4N35O5. The molecule has 24 rings (SSSR count). The van der Waals surface area contributed by atoms with Gasteiger partial charge in [-0.25, -0.2) is 95.4 Å². The third kappa shape index (κ3) is 20.5. The molecule has 16 aromatic heterocycles. The lowest BCUT2D eigenvalue weighted by atomic mass is 9.90. The van der Waals surface area contributed by atoms with E-state index in [9.17, 15) is 38.0 Å². The monoisotopic (exact) mass is 2000 g/mol. The number of hydrogen-bond acceptors (Lipinski definition) is 33. The van der Waals surface area contributed by atoms with Gasteiger partial charge in [0.15, 0.2) is 29.0 Å². The van der Waals surface area contributed by atoms with Gasteiger partial charge in [0.2, 0.25) is 23.8 Å². The Morgan fingerprint density at radius 1 is 0.311 bits per heavy atom. The molecule has 4 aromatic carbocycles. The van der Waals surface area contributed by atoms with Crippen molar-refractivity contribution < 1.29 is 42.5 Å². The molecule has 0 spiro atoms. The number of benzene rings is 4. The second-order valence-corrected chi connectivity index (χ2v) is 36.9. The van der Waals surface area contributed by atoms with E-state index < -0.39 is 17.0 Å². The van der Waals surface area contributed by atoms with Gasteiger partial charge in [0, 0.05) is 292 Å². The Morgan fingerprint density at radius 2 is 0.608 bits per heavy atom. The molecule has 20 heterocycles. The SMILES string of the molecule is Cc1cc(-c2cc3c(N4CCN(c5ncc([C@](C)(O)c6ccc(F)cc6)cn5)CC4)ncnn3c2)on1.Cn1cc(-c2cc3c(N4CCN(c5ncc([C@@H](CO)c6ccc(F)cc6)cn5)CC4)ncnn3c2)cn1.Cn1cc(-c2cc3c(N4CCN(c5ncc([C@H](CO)c6ccc(F)cc6)cn5)CC4)ncnn3c2)cn1.Cn1cc(-c2cc3c(N4CCN(c5ncc([C@](C)(O)c6ccccc6F)cn5)CC4)ncnn3c2)cn1. The van der Waals surface area contributed by atoms with Crippen molar-refractivity contribution in [3.63, 3.8) is 0 Å². The van der Waals surface area contributed by atoms with Gasteiger partial charge in [-0.15, -0.1) is 0 Å². The lowest BCUT2D eigenvalue weighted by Crippen LogP contribution is -2.47. The van der Waals surface area contributed by atoms with Crippen LogP contribution < -0.4 is 39.2 Å². The number of nitrogens with zero attached hydrogens (tertiary/aromatic N) is 35. The summed E-state index contributed by atoms with van der Waals surface area (Å²) in [6.45, 7) is 16.6. The molecule has 0 amide bonds. The Hall–Kier alpha value is -17.5. The summed E-state index contributed by atoms with van der Waals surface area (Å²) >= 11 is 0. The van der Waals surface area contributed by atoms with Crippen LogP contribution in [0.4, 0.5) is 64.6 Å². The molecule has 4 atom stereocenters. The minimum atomic E-state index is -1.53. The van der Waals surface area contributed by atoms with Gasteiger partial charge in [0.1, 0.15) is 81.8 Å². The zero-order chi connectivity index (χ0) is 102. The predicted molar refractivity (Wildman–Crippen MR) is 545 cm³/mol. The van der Waals surface area contributed by atoms with Crippen LogP contribution in [0.5, 0.6) is 0 Å². The Bertz CT molecular complexity index is 7740. The van der Waals surface area contributed by atoms with Crippen LogP contribution in [0.1, 0.15) is 75.9 Å². The standard InChI is InChI=1S/3C26H26FN9O.C26H25FN8O2/c1-26(37,21-5-3-4-6-22(21)27)20-13-28-25(29-14-20)35-9-7-34(8-10-35)24-23-11-18(16-36(23)32-17-30-24)19-12-31-33(2)15-19;2*1-33-14-21(13-31-33)19-10-24-25(30-17-32-36(24)15-19)34-6-8-35(9-7-34)26-28-11-20(12-29-26)23(16-37)18-2-4-22(27)5-3-18;1-17-11-23(37-32-17)18-12-22-24(30-16-31-35(22)15-18)33-7-9-34(10-8-33)25-28-13-20(14-29-25)26(2,36)19-3-5-21(27)6-4-19/h3-6,11-17,37H,7-10H2,1-2H3;2*2-5,10-15,17,23,37H,6-9,16H2,1H3;3-6,11-16,36H,7-10H2,1-2H3/t26-;2*23-;26-/m0101/s1. The minimum absolute atomic E-state index is 0.108. The van der Waals surface area contributed by atoms with Gasteiger partial charge in [0.05, 0.1) is 37.5 Å². The number of aliphatic hydroxyl groups is 4. The van der Waals surface area contributed by atoms with Gasteiger partial charge in [-0.05, 0) is 115 Å². The minimum Gasteiger partial charge on any atom is -0.395 e. The van der Waals surface area contributed by atoms with Crippen molar-refractivity contribution in [2.45, 2.75) is 43.8 Å². The maximum absolute atomic E-state index is 14.3. The molecular weight excluding hydrogens is 1900 g/mol. The number of fused-ring (bicyclic) bond motifs is 4. The Balaban J connectivity index is 0.000000116. The van der Waals surface area contributed by atoms with Gasteiger partial charge in [-0.2, -0.15) is 35.7 Å². The summed E-state index contributed by atoms with van der Waals surface area (Å²) in [4.78, 5) is 72.1. The fraction of sp³-hybridized carbons (Fsp3) is 0.269. The number of rotatable bonds is 22. The summed E-state index contributed by atoms with van der Waals surface area (Å²) in [7, 11) is 5.70. The highest BCUT2D eigenvalue weighted by molar-refractivity contribution is 5.81. The van der Waals surface area contributed by atoms with Crippen LogP contribution in [0, 0.1) is 30.2 Å². The summed E-state index contributed by atoms with van der Waals surface area (Å²) in [6.07, 6.45) is 39.0. The molecule has 40 nitrogen and oxygen atoms in total. The molecule has 0 bridgehead atoms. The number of halogens is 4. The second-order valence-electron chi connectivity index (χ2n) is 36.9.